The molecule has 2 aromatic carbocycles. The van der Waals surface area contributed by atoms with E-state index in [2.05, 4.69) is 9.71 Å². The maximum Gasteiger partial charge on any atom is 0.266 e. The molecule has 0 unspecified atom stereocenters. The topological polar surface area (TPSA) is 105 Å². The van der Waals surface area contributed by atoms with E-state index in [1.165, 1.54) is 13.1 Å². The first-order valence-electron chi connectivity index (χ1n) is 7.43. The van der Waals surface area contributed by atoms with Gasteiger partial charge in [0.2, 0.25) is 10.0 Å². The first-order valence-corrected chi connectivity index (χ1v) is 9.67. The maximum absolute atomic E-state index is 11.9. The number of H-pyrrole nitrogens is 1. The largest absolute Gasteiger partial charge is 0.364 e. The third kappa shape index (κ3) is 4.37. The molecule has 0 fully saturated rings. The lowest BCUT2D eigenvalue weighted by molar-refractivity contribution is 0.0993. The second-order valence-corrected chi connectivity index (χ2v) is 8.01. The van der Waals surface area contributed by atoms with Crippen LogP contribution in [0.1, 0.15) is 16.1 Å². The van der Waals surface area contributed by atoms with Gasteiger partial charge in [0.25, 0.3) is 5.91 Å². The Bertz CT molecular complexity index is 1040. The van der Waals surface area contributed by atoms with E-state index in [-0.39, 0.29) is 10.6 Å². The number of fused-ring (bicyclic) bond motifs is 1. The highest BCUT2D eigenvalue weighted by Gasteiger charge is 2.25. The lowest BCUT2D eigenvalue weighted by atomic mass is 10.2. The van der Waals surface area contributed by atoms with Crippen LogP contribution >= 0.6 is 23.2 Å². The Balaban J connectivity index is 0.000000254. The zero-order valence-electron chi connectivity index (χ0n) is 14.0. The minimum absolute atomic E-state index is 0.165. The second-order valence-electron chi connectivity index (χ2n) is 5.34. The number of rotatable bonds is 3. The minimum atomic E-state index is -3.81. The highest BCUT2D eigenvalue weighted by molar-refractivity contribution is 7.89. The Kier molecular flexibility index (Phi) is 6.30. The number of aromatic amines is 1. The standard InChI is InChI=1S/C10H10ClN3O3S.C7H7Cl/c1-13-18(16,17)9-6-4-5(11)2-3-7(6)14-8(9)10(12)15;1-6-4-2-3-5-7(6)8/h2-4,13-14H,1H3,(H2,12,15);2-5H,1H3. The summed E-state index contributed by atoms with van der Waals surface area (Å²) in [5, 5.41) is 1.53. The summed E-state index contributed by atoms with van der Waals surface area (Å²) in [5.41, 5.74) is 6.61. The van der Waals surface area contributed by atoms with Gasteiger partial charge in [0.05, 0.1) is 0 Å². The van der Waals surface area contributed by atoms with Gasteiger partial charge in [0.15, 0.2) is 0 Å². The molecule has 3 aromatic rings. The molecule has 0 aliphatic carbocycles. The molecule has 9 heteroatoms. The fourth-order valence-corrected chi connectivity index (χ4v) is 3.64. The summed E-state index contributed by atoms with van der Waals surface area (Å²) < 4.78 is 26.0. The van der Waals surface area contributed by atoms with Crippen LogP contribution in [0.5, 0.6) is 0 Å². The van der Waals surface area contributed by atoms with Crippen LogP contribution in [0, 0.1) is 6.92 Å². The van der Waals surface area contributed by atoms with Crippen molar-refractivity contribution in [1.29, 1.82) is 0 Å². The smallest absolute Gasteiger partial charge is 0.266 e. The molecule has 26 heavy (non-hydrogen) atoms. The van der Waals surface area contributed by atoms with Crippen molar-refractivity contribution in [3.8, 4) is 0 Å². The van der Waals surface area contributed by atoms with Crippen molar-refractivity contribution in [2.24, 2.45) is 5.73 Å². The number of carbonyl (C=O) groups excluding carboxylic acids is 1. The van der Waals surface area contributed by atoms with E-state index in [9.17, 15) is 13.2 Å². The summed E-state index contributed by atoms with van der Waals surface area (Å²) in [6.07, 6.45) is 0. The lowest BCUT2D eigenvalue weighted by Crippen LogP contribution is -2.23. The highest BCUT2D eigenvalue weighted by atomic mass is 35.5. The van der Waals surface area contributed by atoms with Gasteiger partial charge < -0.3 is 10.7 Å². The van der Waals surface area contributed by atoms with Gasteiger partial charge >= 0.3 is 0 Å². The van der Waals surface area contributed by atoms with Crippen molar-refractivity contribution in [3.05, 3.63) is 63.8 Å². The van der Waals surface area contributed by atoms with Crippen molar-refractivity contribution in [1.82, 2.24) is 9.71 Å². The lowest BCUT2D eigenvalue weighted by Gasteiger charge is -2.02. The predicted molar refractivity (Wildman–Crippen MR) is 104 cm³/mol. The predicted octanol–water partition coefficient (Wildman–Crippen LogP) is 3.48. The molecule has 1 amide bonds. The Morgan fingerprint density at radius 1 is 1.15 bits per heavy atom. The minimum Gasteiger partial charge on any atom is -0.364 e. The maximum atomic E-state index is 11.9. The number of amides is 1. The van der Waals surface area contributed by atoms with E-state index >= 15 is 0 Å². The third-order valence-corrected chi connectivity index (χ3v) is 5.73. The zero-order chi connectivity index (χ0) is 19.5. The molecular weight excluding hydrogens is 397 g/mol. The summed E-state index contributed by atoms with van der Waals surface area (Å²) in [4.78, 5) is 13.8. The van der Waals surface area contributed by atoms with Crippen LogP contribution in [0.25, 0.3) is 10.9 Å². The van der Waals surface area contributed by atoms with E-state index in [1.54, 1.807) is 12.1 Å². The molecule has 4 N–H and O–H groups in total. The molecule has 1 heterocycles. The molecule has 6 nitrogen and oxygen atoms in total. The fraction of sp³-hybridized carbons (Fsp3) is 0.118. The average Bonchev–Trinajstić information content (AvgIpc) is 2.98. The first kappa shape index (κ1) is 20.3. The average molecular weight is 414 g/mol. The first-order chi connectivity index (χ1) is 12.2. The SMILES string of the molecule is CNS(=O)(=O)c1c(C(N)=O)[nH]c2ccc(Cl)cc12.Cc1ccccc1Cl. The summed E-state index contributed by atoms with van der Waals surface area (Å²) in [6, 6.07) is 12.4. The molecule has 0 atom stereocenters. The summed E-state index contributed by atoms with van der Waals surface area (Å²) in [7, 11) is -2.56. The molecule has 0 aliphatic rings. The van der Waals surface area contributed by atoms with E-state index in [4.69, 9.17) is 28.9 Å². The Hall–Kier alpha value is -2.06. The van der Waals surface area contributed by atoms with Gasteiger partial charge in [-0.25, -0.2) is 13.1 Å². The molecule has 0 bridgehead atoms. The van der Waals surface area contributed by atoms with Gasteiger partial charge in [0, 0.05) is 20.9 Å². The highest BCUT2D eigenvalue weighted by Crippen LogP contribution is 2.28. The molecular formula is C17H17Cl2N3O3S. The molecule has 0 radical (unpaired) electrons. The number of benzene rings is 2. The number of carbonyl (C=O) groups is 1. The van der Waals surface area contributed by atoms with Gasteiger partial charge in [0.1, 0.15) is 10.6 Å². The zero-order valence-corrected chi connectivity index (χ0v) is 16.3. The third-order valence-electron chi connectivity index (χ3n) is 3.57. The normalized spacial score (nSPS) is 11.1. The van der Waals surface area contributed by atoms with E-state index in [0.717, 1.165) is 10.6 Å². The van der Waals surface area contributed by atoms with Crippen LogP contribution < -0.4 is 10.5 Å². The van der Waals surface area contributed by atoms with Gasteiger partial charge in [-0.15, -0.1) is 0 Å². The van der Waals surface area contributed by atoms with E-state index in [0.29, 0.717) is 15.9 Å². The molecule has 0 aliphatic heterocycles. The molecule has 3 rings (SSSR count). The summed E-state index contributed by atoms with van der Waals surface area (Å²) in [5.74, 6) is -0.851. The fourth-order valence-electron chi connectivity index (χ4n) is 2.25. The number of aryl methyl sites for hydroxylation is 1. The number of halogens is 2. The van der Waals surface area contributed by atoms with Crippen molar-refractivity contribution >= 4 is 50.0 Å². The van der Waals surface area contributed by atoms with Crippen LogP contribution in [-0.4, -0.2) is 26.4 Å². The molecule has 138 valence electrons. The van der Waals surface area contributed by atoms with Crippen LogP contribution in [0.2, 0.25) is 10.0 Å². The number of hydrogen-bond donors (Lipinski definition) is 3. The van der Waals surface area contributed by atoms with Crippen LogP contribution in [0.15, 0.2) is 47.4 Å². The van der Waals surface area contributed by atoms with E-state index in [1.807, 2.05) is 31.2 Å². The molecule has 1 aromatic heterocycles. The second kappa shape index (κ2) is 8.09. The van der Waals surface area contributed by atoms with Crippen molar-refractivity contribution in [3.63, 3.8) is 0 Å². The number of hydrogen-bond acceptors (Lipinski definition) is 3. The van der Waals surface area contributed by atoms with Crippen LogP contribution in [0.3, 0.4) is 0 Å². The number of sulfonamides is 1. The Morgan fingerprint density at radius 3 is 2.31 bits per heavy atom. The van der Waals surface area contributed by atoms with Gasteiger partial charge in [-0.1, -0.05) is 41.4 Å². The quantitative estimate of drug-likeness (QED) is 0.611. The molecule has 0 saturated carbocycles. The molecule has 0 spiro atoms. The van der Waals surface area contributed by atoms with Crippen molar-refractivity contribution < 1.29 is 13.2 Å². The summed E-state index contributed by atoms with van der Waals surface area (Å²) in [6.45, 7) is 1.99. The van der Waals surface area contributed by atoms with Gasteiger partial charge in [-0.3, -0.25) is 4.79 Å². The van der Waals surface area contributed by atoms with Crippen molar-refractivity contribution in [2.45, 2.75) is 11.8 Å². The Labute approximate surface area is 161 Å². The van der Waals surface area contributed by atoms with E-state index < -0.39 is 15.9 Å². The number of aromatic nitrogens is 1. The van der Waals surface area contributed by atoms with Gasteiger partial charge in [-0.05, 0) is 43.8 Å². The molecule has 0 saturated heterocycles. The monoisotopic (exact) mass is 413 g/mol. The number of primary amides is 1. The van der Waals surface area contributed by atoms with Crippen LogP contribution in [-0.2, 0) is 10.0 Å². The number of nitrogens with one attached hydrogen (secondary N) is 2. The summed E-state index contributed by atoms with van der Waals surface area (Å²) >= 11 is 11.5. The number of nitrogens with two attached hydrogens (primary N) is 1. The van der Waals surface area contributed by atoms with Crippen LogP contribution in [0.4, 0.5) is 0 Å². The van der Waals surface area contributed by atoms with Crippen molar-refractivity contribution in [2.75, 3.05) is 7.05 Å². The Morgan fingerprint density at radius 2 is 1.81 bits per heavy atom. The van der Waals surface area contributed by atoms with Gasteiger partial charge in [-0.2, -0.15) is 0 Å².